The Morgan fingerprint density at radius 3 is 2.58 bits per heavy atom. The summed E-state index contributed by atoms with van der Waals surface area (Å²) in [6.07, 6.45) is 4.42. The zero-order valence-corrected chi connectivity index (χ0v) is 11.8. The molecule has 2 aliphatic heterocycles. The SMILES string of the molecule is CCC(=O)NC1CCN(C(=O)[C@H]2CCCNC2)CC1. The summed E-state index contributed by atoms with van der Waals surface area (Å²) < 4.78 is 0. The van der Waals surface area contributed by atoms with Gasteiger partial charge < -0.3 is 15.5 Å². The molecule has 0 aliphatic carbocycles. The molecule has 2 amide bonds. The van der Waals surface area contributed by atoms with Gasteiger partial charge in [-0.05, 0) is 32.2 Å². The first kappa shape index (κ1) is 14.3. The van der Waals surface area contributed by atoms with Crippen molar-refractivity contribution < 1.29 is 9.59 Å². The molecular weight excluding hydrogens is 242 g/mol. The molecule has 2 heterocycles. The van der Waals surface area contributed by atoms with Crippen molar-refractivity contribution in [2.24, 2.45) is 5.92 Å². The van der Waals surface area contributed by atoms with Gasteiger partial charge in [-0.2, -0.15) is 0 Å². The van der Waals surface area contributed by atoms with Crippen molar-refractivity contribution in [3.8, 4) is 0 Å². The number of nitrogens with one attached hydrogen (secondary N) is 2. The van der Waals surface area contributed by atoms with Crippen LogP contribution in [0.15, 0.2) is 0 Å². The molecule has 2 aliphatic rings. The minimum Gasteiger partial charge on any atom is -0.353 e. The molecule has 19 heavy (non-hydrogen) atoms. The topological polar surface area (TPSA) is 61.4 Å². The Hall–Kier alpha value is -1.10. The second-order valence-corrected chi connectivity index (χ2v) is 5.56. The first-order valence-electron chi connectivity index (χ1n) is 7.49. The Morgan fingerprint density at radius 2 is 2.00 bits per heavy atom. The van der Waals surface area contributed by atoms with Crippen molar-refractivity contribution >= 4 is 11.8 Å². The molecule has 0 unspecified atom stereocenters. The van der Waals surface area contributed by atoms with E-state index in [2.05, 4.69) is 10.6 Å². The number of carbonyl (C=O) groups is 2. The van der Waals surface area contributed by atoms with Crippen molar-refractivity contribution in [2.45, 2.75) is 45.1 Å². The molecule has 0 aromatic heterocycles. The van der Waals surface area contributed by atoms with Crippen LogP contribution in [0.2, 0.25) is 0 Å². The predicted octanol–water partition coefficient (Wildman–Crippen LogP) is 0.503. The second kappa shape index (κ2) is 6.89. The predicted molar refractivity (Wildman–Crippen MR) is 73.6 cm³/mol. The van der Waals surface area contributed by atoms with Gasteiger partial charge in [0, 0.05) is 32.1 Å². The van der Waals surface area contributed by atoms with E-state index in [4.69, 9.17) is 0 Å². The molecule has 1 atom stereocenters. The Morgan fingerprint density at radius 1 is 1.26 bits per heavy atom. The van der Waals surface area contributed by atoms with E-state index < -0.39 is 0 Å². The molecule has 5 nitrogen and oxygen atoms in total. The summed E-state index contributed by atoms with van der Waals surface area (Å²) >= 11 is 0. The molecule has 5 heteroatoms. The van der Waals surface area contributed by atoms with Gasteiger partial charge in [0.2, 0.25) is 11.8 Å². The van der Waals surface area contributed by atoms with Crippen LogP contribution in [0.3, 0.4) is 0 Å². The average Bonchev–Trinajstić information content (AvgIpc) is 2.48. The minimum absolute atomic E-state index is 0.112. The summed E-state index contributed by atoms with van der Waals surface area (Å²) in [6.45, 7) is 5.29. The summed E-state index contributed by atoms with van der Waals surface area (Å²) in [6, 6.07) is 0.251. The van der Waals surface area contributed by atoms with E-state index in [1.54, 1.807) is 0 Å². The zero-order chi connectivity index (χ0) is 13.7. The van der Waals surface area contributed by atoms with E-state index in [0.29, 0.717) is 12.3 Å². The van der Waals surface area contributed by atoms with Crippen molar-refractivity contribution in [3.63, 3.8) is 0 Å². The molecule has 2 rings (SSSR count). The zero-order valence-electron chi connectivity index (χ0n) is 11.8. The molecule has 0 aromatic carbocycles. The quantitative estimate of drug-likeness (QED) is 0.783. The smallest absolute Gasteiger partial charge is 0.226 e. The van der Waals surface area contributed by atoms with Gasteiger partial charge in [-0.15, -0.1) is 0 Å². The highest BCUT2D eigenvalue weighted by atomic mass is 16.2. The van der Waals surface area contributed by atoms with E-state index >= 15 is 0 Å². The number of rotatable bonds is 3. The Labute approximate surface area is 115 Å². The Kier molecular flexibility index (Phi) is 5.19. The van der Waals surface area contributed by atoms with Crippen LogP contribution in [0.4, 0.5) is 0 Å². The van der Waals surface area contributed by atoms with Crippen molar-refractivity contribution in [2.75, 3.05) is 26.2 Å². The van der Waals surface area contributed by atoms with Crippen LogP contribution in [-0.2, 0) is 9.59 Å². The fourth-order valence-electron chi connectivity index (χ4n) is 2.89. The maximum atomic E-state index is 12.3. The third kappa shape index (κ3) is 3.93. The lowest BCUT2D eigenvalue weighted by Gasteiger charge is -2.35. The summed E-state index contributed by atoms with van der Waals surface area (Å²) in [7, 11) is 0. The van der Waals surface area contributed by atoms with Crippen molar-refractivity contribution in [1.82, 2.24) is 15.5 Å². The van der Waals surface area contributed by atoms with Crippen LogP contribution in [0.1, 0.15) is 39.0 Å². The highest BCUT2D eigenvalue weighted by Gasteiger charge is 2.29. The first-order chi connectivity index (χ1) is 9.20. The van der Waals surface area contributed by atoms with Gasteiger partial charge in [-0.1, -0.05) is 6.92 Å². The fourth-order valence-corrected chi connectivity index (χ4v) is 2.89. The van der Waals surface area contributed by atoms with Crippen LogP contribution in [0.5, 0.6) is 0 Å². The average molecular weight is 267 g/mol. The maximum Gasteiger partial charge on any atom is 0.226 e. The van der Waals surface area contributed by atoms with Gasteiger partial charge in [0.15, 0.2) is 0 Å². The van der Waals surface area contributed by atoms with Crippen molar-refractivity contribution in [3.05, 3.63) is 0 Å². The molecule has 0 aromatic rings. The maximum absolute atomic E-state index is 12.3. The van der Waals surface area contributed by atoms with Gasteiger partial charge in [-0.25, -0.2) is 0 Å². The van der Waals surface area contributed by atoms with E-state index in [-0.39, 0.29) is 17.9 Å². The molecule has 108 valence electrons. The lowest BCUT2D eigenvalue weighted by molar-refractivity contribution is -0.137. The third-order valence-electron chi connectivity index (χ3n) is 4.14. The van der Waals surface area contributed by atoms with E-state index in [0.717, 1.165) is 51.9 Å². The van der Waals surface area contributed by atoms with E-state index in [9.17, 15) is 9.59 Å². The van der Waals surface area contributed by atoms with Gasteiger partial charge in [0.1, 0.15) is 0 Å². The molecule has 0 saturated carbocycles. The summed E-state index contributed by atoms with van der Waals surface area (Å²) in [5.74, 6) is 0.573. The molecule has 0 bridgehead atoms. The van der Waals surface area contributed by atoms with Crippen LogP contribution < -0.4 is 10.6 Å². The fraction of sp³-hybridized carbons (Fsp3) is 0.857. The van der Waals surface area contributed by atoms with Crippen molar-refractivity contribution in [1.29, 1.82) is 0 Å². The number of piperidine rings is 2. The normalized spacial score (nSPS) is 25.1. The number of likely N-dealkylation sites (tertiary alicyclic amines) is 1. The van der Waals surface area contributed by atoms with Gasteiger partial charge in [0.25, 0.3) is 0 Å². The molecular formula is C14H25N3O2. The minimum atomic E-state index is 0.112. The van der Waals surface area contributed by atoms with Gasteiger partial charge in [0.05, 0.1) is 5.92 Å². The number of carbonyl (C=O) groups excluding carboxylic acids is 2. The highest BCUT2D eigenvalue weighted by molar-refractivity contribution is 5.79. The summed E-state index contributed by atoms with van der Waals surface area (Å²) in [5, 5.41) is 6.31. The first-order valence-corrected chi connectivity index (χ1v) is 7.49. The molecule has 2 saturated heterocycles. The molecule has 0 radical (unpaired) electrons. The lowest BCUT2D eigenvalue weighted by atomic mass is 9.96. The monoisotopic (exact) mass is 267 g/mol. The number of nitrogens with zero attached hydrogens (tertiary/aromatic N) is 1. The number of hydrogen-bond donors (Lipinski definition) is 2. The number of hydrogen-bond acceptors (Lipinski definition) is 3. The molecule has 2 N–H and O–H groups in total. The van der Waals surface area contributed by atoms with Crippen LogP contribution >= 0.6 is 0 Å². The highest BCUT2D eigenvalue weighted by Crippen LogP contribution is 2.17. The molecule has 0 spiro atoms. The summed E-state index contributed by atoms with van der Waals surface area (Å²) in [4.78, 5) is 25.7. The van der Waals surface area contributed by atoms with Crippen LogP contribution in [0.25, 0.3) is 0 Å². The third-order valence-corrected chi connectivity index (χ3v) is 4.14. The largest absolute Gasteiger partial charge is 0.353 e. The Bertz CT molecular complexity index is 319. The van der Waals surface area contributed by atoms with E-state index in [1.807, 2.05) is 11.8 Å². The van der Waals surface area contributed by atoms with E-state index in [1.165, 1.54) is 0 Å². The standard InChI is InChI=1S/C14H25N3O2/c1-2-13(18)16-12-5-8-17(9-6-12)14(19)11-4-3-7-15-10-11/h11-12,15H,2-10H2,1H3,(H,16,18)/t11-/m0/s1. The Balaban J connectivity index is 1.76. The lowest BCUT2D eigenvalue weighted by Crippen LogP contribution is -2.49. The van der Waals surface area contributed by atoms with Gasteiger partial charge in [-0.3, -0.25) is 9.59 Å². The van der Waals surface area contributed by atoms with Crippen LogP contribution in [0, 0.1) is 5.92 Å². The van der Waals surface area contributed by atoms with Gasteiger partial charge >= 0.3 is 0 Å². The number of amides is 2. The molecule has 2 fully saturated rings. The van der Waals surface area contributed by atoms with Crippen LogP contribution in [-0.4, -0.2) is 48.9 Å². The second-order valence-electron chi connectivity index (χ2n) is 5.56. The summed E-state index contributed by atoms with van der Waals surface area (Å²) in [5.41, 5.74) is 0.